The highest BCUT2D eigenvalue weighted by atomic mass is 35.5. The third-order valence-electron chi connectivity index (χ3n) is 1.84. The second kappa shape index (κ2) is 8.64. The second-order valence-corrected chi connectivity index (χ2v) is 4.65. The van der Waals surface area contributed by atoms with Crippen LogP contribution in [0.15, 0.2) is 0 Å². The van der Waals surface area contributed by atoms with Gasteiger partial charge in [-0.3, -0.25) is 0 Å². The van der Waals surface area contributed by atoms with Gasteiger partial charge in [-0.1, -0.05) is 19.3 Å². The van der Waals surface area contributed by atoms with E-state index >= 15 is 0 Å². The molecule has 0 aromatic carbocycles. The highest BCUT2D eigenvalue weighted by Gasteiger charge is 2.08. The molecule has 4 heteroatoms. The van der Waals surface area contributed by atoms with Crippen LogP contribution in [0.1, 0.15) is 32.1 Å². The van der Waals surface area contributed by atoms with Gasteiger partial charge < -0.3 is 0 Å². The zero-order chi connectivity index (χ0) is 5.82. The van der Waals surface area contributed by atoms with Crippen LogP contribution < -0.4 is 0 Å². The molecule has 0 amide bonds. The van der Waals surface area contributed by atoms with Gasteiger partial charge in [0.15, 0.2) is 15.8 Å². The predicted octanol–water partition coefficient (Wildman–Crippen LogP) is 2.92. The van der Waals surface area contributed by atoms with Crippen LogP contribution in [0, 0.1) is 0 Å². The van der Waals surface area contributed by atoms with Crippen LogP contribution in [-0.2, 0) is 0 Å². The van der Waals surface area contributed by atoms with Crippen LogP contribution >= 0.6 is 32.0 Å². The van der Waals surface area contributed by atoms with Crippen molar-refractivity contribution in [3.8, 4) is 0 Å². The van der Waals surface area contributed by atoms with Gasteiger partial charge in [-0.2, -0.15) is 0 Å². The molecule has 0 aromatic rings. The molecule has 1 unspecified atom stereocenters. The smallest absolute Gasteiger partial charge is 0.166 e. The van der Waals surface area contributed by atoms with Crippen molar-refractivity contribution < 1.29 is 0 Å². The summed E-state index contributed by atoms with van der Waals surface area (Å²) in [5.41, 5.74) is 1.08. The molecule has 0 nitrogen and oxygen atoms in total. The average Bonchev–Trinajstić information content (AvgIpc) is 1.90. The molecule has 10 heavy (non-hydrogen) atoms. The Morgan fingerprint density at radius 2 is 1.50 bits per heavy atom. The number of rotatable bonds is 1. The molecule has 1 fully saturated rings. The van der Waals surface area contributed by atoms with E-state index in [0.717, 1.165) is 12.9 Å². The molecular weight excluding hydrogens is 201 g/mol. The van der Waals surface area contributed by atoms with Gasteiger partial charge in [-0.25, -0.2) is 7.23 Å². The Morgan fingerprint density at radius 1 is 1.00 bits per heavy atom. The number of hydrogen-bond acceptors (Lipinski definition) is 0. The quantitative estimate of drug-likeness (QED) is 0.466. The second-order valence-electron chi connectivity index (χ2n) is 2.50. The van der Waals surface area contributed by atoms with Gasteiger partial charge in [0.25, 0.3) is 0 Å². The molecule has 1 saturated carbocycles. The standard InChI is InChI=1S/C6H12P.Al.2ClH/c7-6-4-2-1-3-5-6;;;/h6-7H,1-5H2;;2*1H/q-1;+1;;. The fraction of sp³-hybridized carbons (Fsp3) is 1.00. The van der Waals surface area contributed by atoms with Crippen molar-refractivity contribution in [3.05, 3.63) is 0 Å². The largest absolute Gasteiger partial charge is 0.211 e. The van der Waals surface area contributed by atoms with Crippen LogP contribution in [-0.4, -0.2) is 21.5 Å². The summed E-state index contributed by atoms with van der Waals surface area (Å²) in [4.78, 5) is 0. The van der Waals surface area contributed by atoms with Gasteiger partial charge in [-0.15, -0.1) is 24.8 Å². The Bertz CT molecular complexity index is 66.8. The van der Waals surface area contributed by atoms with E-state index in [1.54, 1.807) is 0 Å². The molecule has 1 rings (SSSR count). The minimum Gasteiger partial charge on any atom is -0.211 e. The molecule has 0 saturated heterocycles. The summed E-state index contributed by atoms with van der Waals surface area (Å²) in [6, 6.07) is 0. The van der Waals surface area contributed by atoms with Crippen LogP contribution in [0.2, 0.25) is 0 Å². The lowest BCUT2D eigenvalue weighted by Crippen LogP contribution is -2.05. The molecule has 2 radical (unpaired) electrons. The van der Waals surface area contributed by atoms with Crippen molar-refractivity contribution in [2.45, 2.75) is 37.8 Å². The number of halogens is 2. The third kappa shape index (κ3) is 5.23. The summed E-state index contributed by atoms with van der Waals surface area (Å²) in [6.45, 7) is 0. The highest BCUT2D eigenvalue weighted by molar-refractivity contribution is 7.66. The van der Waals surface area contributed by atoms with Crippen molar-refractivity contribution in [1.29, 1.82) is 0 Å². The Labute approximate surface area is 85.5 Å². The molecule has 0 aliphatic heterocycles. The average molecular weight is 215 g/mol. The molecule has 0 spiro atoms. The SMILES string of the molecule is Cl.Cl.[Al][PH]C1CCCCC1. The van der Waals surface area contributed by atoms with Gasteiger partial charge in [0.05, 0.1) is 0 Å². The Morgan fingerprint density at radius 3 is 1.80 bits per heavy atom. The van der Waals surface area contributed by atoms with Crippen molar-refractivity contribution in [2.75, 3.05) is 0 Å². The van der Waals surface area contributed by atoms with E-state index in [9.17, 15) is 0 Å². The summed E-state index contributed by atoms with van der Waals surface area (Å²) >= 11 is 2.87. The lowest BCUT2D eigenvalue weighted by Gasteiger charge is -2.19. The first kappa shape index (κ1) is 14.1. The first-order valence-corrected chi connectivity index (χ1v) is 6.28. The minimum absolute atomic E-state index is 0. The van der Waals surface area contributed by atoms with E-state index in [1.165, 1.54) is 32.1 Å². The molecule has 0 N–H and O–H groups in total. The van der Waals surface area contributed by atoms with Crippen LogP contribution in [0.4, 0.5) is 0 Å². The van der Waals surface area contributed by atoms with E-state index in [-0.39, 0.29) is 24.8 Å². The summed E-state index contributed by atoms with van der Waals surface area (Å²) in [5, 5.41) is 0. The summed E-state index contributed by atoms with van der Waals surface area (Å²) in [7, 11) is 1.12. The highest BCUT2D eigenvalue weighted by Crippen LogP contribution is 2.29. The van der Waals surface area contributed by atoms with Gasteiger partial charge in [0.2, 0.25) is 0 Å². The van der Waals surface area contributed by atoms with Crippen LogP contribution in [0.25, 0.3) is 0 Å². The van der Waals surface area contributed by atoms with Crippen LogP contribution in [0.5, 0.6) is 0 Å². The fourth-order valence-corrected chi connectivity index (χ4v) is 3.01. The molecule has 0 heterocycles. The van der Waals surface area contributed by atoms with Crippen molar-refractivity contribution >= 4 is 47.9 Å². The molecule has 1 aliphatic carbocycles. The maximum absolute atomic E-state index is 2.87. The lowest BCUT2D eigenvalue weighted by atomic mass is 10.0. The fourth-order valence-electron chi connectivity index (χ4n) is 1.27. The van der Waals surface area contributed by atoms with Gasteiger partial charge >= 0.3 is 0 Å². The first-order valence-electron chi connectivity index (χ1n) is 3.39. The Kier molecular flexibility index (Phi) is 12.2. The molecule has 60 valence electrons. The monoisotopic (exact) mass is 214 g/mol. The maximum atomic E-state index is 2.87. The summed E-state index contributed by atoms with van der Waals surface area (Å²) < 4.78 is 0. The summed E-state index contributed by atoms with van der Waals surface area (Å²) in [6.07, 6.45) is 7.48. The zero-order valence-corrected chi connectivity index (χ0v) is 9.79. The van der Waals surface area contributed by atoms with Gasteiger partial charge in [0, 0.05) is 0 Å². The molecule has 0 bridgehead atoms. The van der Waals surface area contributed by atoms with E-state index in [0.29, 0.717) is 0 Å². The van der Waals surface area contributed by atoms with E-state index in [1.807, 2.05) is 0 Å². The lowest BCUT2D eigenvalue weighted by molar-refractivity contribution is 0.515. The topological polar surface area (TPSA) is 0 Å². The maximum Gasteiger partial charge on any atom is 0.166 e. The predicted molar refractivity (Wildman–Crippen MR) is 55.4 cm³/mol. The van der Waals surface area contributed by atoms with Gasteiger partial charge in [-0.05, 0) is 18.5 Å². The Balaban J connectivity index is 0. The van der Waals surface area contributed by atoms with E-state index in [2.05, 4.69) is 15.8 Å². The first-order chi connectivity index (χ1) is 3.93. The van der Waals surface area contributed by atoms with E-state index < -0.39 is 0 Å². The van der Waals surface area contributed by atoms with Crippen LogP contribution in [0.3, 0.4) is 0 Å². The minimum atomic E-state index is 0. The number of hydrogen-bond donors (Lipinski definition) is 0. The zero-order valence-electron chi connectivity index (χ0n) is 6.01. The van der Waals surface area contributed by atoms with Crippen molar-refractivity contribution in [1.82, 2.24) is 0 Å². The molecule has 1 aliphatic rings. The molecule has 0 aromatic heterocycles. The van der Waals surface area contributed by atoms with E-state index in [4.69, 9.17) is 0 Å². The van der Waals surface area contributed by atoms with Crippen molar-refractivity contribution in [2.24, 2.45) is 0 Å². The van der Waals surface area contributed by atoms with Gasteiger partial charge in [0.1, 0.15) is 0 Å². The normalized spacial score (nSPS) is 20.0. The molecular formula is C6H14AlCl2P. The summed E-state index contributed by atoms with van der Waals surface area (Å²) in [5.74, 6) is 0. The third-order valence-corrected chi connectivity index (χ3v) is 4.30. The van der Waals surface area contributed by atoms with Crippen molar-refractivity contribution in [3.63, 3.8) is 0 Å². The Hall–Kier alpha value is 1.54. The molecule has 1 atom stereocenters.